The molecule has 0 amide bonds. The Morgan fingerprint density at radius 1 is 1.47 bits per heavy atom. The van der Waals surface area contributed by atoms with Gasteiger partial charge in [0.05, 0.1) is 10.0 Å². The van der Waals surface area contributed by atoms with Gasteiger partial charge in [0, 0.05) is 6.20 Å². The molecule has 3 nitrogen and oxygen atoms in total. The van der Waals surface area contributed by atoms with Crippen molar-refractivity contribution in [1.82, 2.24) is 4.98 Å². The summed E-state index contributed by atoms with van der Waals surface area (Å²) in [5, 5.41) is 0. The molecule has 1 fully saturated rings. The normalized spacial score (nSPS) is 15.9. The molecule has 0 radical (unpaired) electrons. The highest BCUT2D eigenvalue weighted by Gasteiger charge is 2.22. The maximum atomic E-state index is 11.6. The van der Waals surface area contributed by atoms with E-state index in [9.17, 15) is 4.79 Å². The number of aromatic nitrogens is 1. The van der Waals surface area contributed by atoms with Crippen molar-refractivity contribution in [2.45, 2.75) is 25.4 Å². The van der Waals surface area contributed by atoms with Crippen molar-refractivity contribution in [3.05, 3.63) is 26.9 Å². The Morgan fingerprint density at radius 2 is 2.20 bits per heavy atom. The van der Waals surface area contributed by atoms with E-state index in [4.69, 9.17) is 4.74 Å². The van der Waals surface area contributed by atoms with E-state index in [-0.39, 0.29) is 12.1 Å². The van der Waals surface area contributed by atoms with Crippen molar-refractivity contribution in [3.8, 4) is 0 Å². The van der Waals surface area contributed by atoms with Gasteiger partial charge in [-0.15, -0.1) is 0 Å². The molecule has 5 heteroatoms. The van der Waals surface area contributed by atoms with Crippen molar-refractivity contribution in [1.29, 1.82) is 0 Å². The summed E-state index contributed by atoms with van der Waals surface area (Å²) in [6.07, 6.45) is 4.74. The highest BCUT2D eigenvalue weighted by molar-refractivity contribution is 9.13. The van der Waals surface area contributed by atoms with Gasteiger partial charge in [0.25, 0.3) is 0 Å². The Hall–Kier alpha value is -0.420. The lowest BCUT2D eigenvalue weighted by Gasteiger charge is -2.25. The van der Waals surface area contributed by atoms with E-state index in [0.717, 1.165) is 23.7 Å². The summed E-state index contributed by atoms with van der Waals surface area (Å²) in [6.45, 7) is 0. The monoisotopic (exact) mass is 333 g/mol. The van der Waals surface area contributed by atoms with E-state index in [2.05, 4.69) is 36.8 Å². The summed E-state index contributed by atoms with van der Waals surface area (Å²) in [4.78, 5) is 15.6. The molecule has 1 saturated carbocycles. The maximum absolute atomic E-state index is 11.6. The summed E-state index contributed by atoms with van der Waals surface area (Å²) in [7, 11) is 0. The number of hydrogen-bond acceptors (Lipinski definition) is 3. The number of hydrogen-bond donors (Lipinski definition) is 0. The van der Waals surface area contributed by atoms with Gasteiger partial charge in [-0.25, -0.2) is 9.78 Å². The number of pyridine rings is 1. The fourth-order valence-corrected chi connectivity index (χ4v) is 1.81. The van der Waals surface area contributed by atoms with Gasteiger partial charge in [0.15, 0.2) is 0 Å². The Labute approximate surface area is 104 Å². The van der Waals surface area contributed by atoms with Gasteiger partial charge in [0.1, 0.15) is 10.7 Å². The van der Waals surface area contributed by atoms with Crippen LogP contribution in [0.5, 0.6) is 0 Å². The standard InChI is InChI=1S/C10H9Br2NO2/c11-8-4-6(5-13-9(8)12)10(14)15-7-2-1-3-7/h4-5,7H,1-3H2. The zero-order valence-electron chi connectivity index (χ0n) is 7.87. The lowest BCUT2D eigenvalue weighted by molar-refractivity contribution is 0.00895. The number of ether oxygens (including phenoxy) is 1. The minimum Gasteiger partial charge on any atom is -0.459 e. The van der Waals surface area contributed by atoms with Crippen molar-refractivity contribution >= 4 is 37.8 Å². The first-order valence-electron chi connectivity index (χ1n) is 4.69. The van der Waals surface area contributed by atoms with Gasteiger partial charge in [-0.05, 0) is 57.2 Å². The van der Waals surface area contributed by atoms with Crippen molar-refractivity contribution in [3.63, 3.8) is 0 Å². The van der Waals surface area contributed by atoms with E-state index in [1.807, 2.05) is 0 Å². The molecule has 80 valence electrons. The third-order valence-corrected chi connectivity index (χ3v) is 4.13. The van der Waals surface area contributed by atoms with Gasteiger partial charge >= 0.3 is 5.97 Å². The number of halogens is 2. The number of esters is 1. The molecule has 1 aromatic rings. The first-order valence-corrected chi connectivity index (χ1v) is 6.27. The van der Waals surface area contributed by atoms with Crippen LogP contribution >= 0.6 is 31.9 Å². The molecule has 0 saturated heterocycles. The van der Waals surface area contributed by atoms with Crippen LogP contribution in [0.1, 0.15) is 29.6 Å². The number of rotatable bonds is 2. The van der Waals surface area contributed by atoms with Crippen LogP contribution in [0.2, 0.25) is 0 Å². The average Bonchev–Trinajstić information content (AvgIpc) is 2.15. The topological polar surface area (TPSA) is 39.2 Å². The molecule has 0 unspecified atom stereocenters. The predicted molar refractivity (Wildman–Crippen MR) is 62.7 cm³/mol. The van der Waals surface area contributed by atoms with Crippen LogP contribution in [0, 0.1) is 0 Å². The Balaban J connectivity index is 2.07. The molecule has 1 heterocycles. The second kappa shape index (κ2) is 4.61. The van der Waals surface area contributed by atoms with Crippen molar-refractivity contribution in [2.24, 2.45) is 0 Å². The Kier molecular flexibility index (Phi) is 3.41. The Morgan fingerprint density at radius 3 is 2.73 bits per heavy atom. The molecule has 2 rings (SSSR count). The van der Waals surface area contributed by atoms with Crippen molar-refractivity contribution < 1.29 is 9.53 Å². The summed E-state index contributed by atoms with van der Waals surface area (Å²) in [6, 6.07) is 1.71. The minimum atomic E-state index is -0.291. The fourth-order valence-electron chi connectivity index (χ4n) is 1.24. The average molecular weight is 335 g/mol. The molecule has 0 spiro atoms. The van der Waals surface area contributed by atoms with E-state index in [1.54, 1.807) is 6.07 Å². The molecule has 0 aromatic carbocycles. The van der Waals surface area contributed by atoms with Gasteiger partial charge in [-0.2, -0.15) is 0 Å². The molecule has 0 atom stereocenters. The molecule has 15 heavy (non-hydrogen) atoms. The van der Waals surface area contributed by atoms with Gasteiger partial charge in [-0.3, -0.25) is 0 Å². The van der Waals surface area contributed by atoms with Crippen LogP contribution in [0.15, 0.2) is 21.3 Å². The summed E-state index contributed by atoms with van der Waals surface area (Å²) < 4.78 is 6.69. The van der Waals surface area contributed by atoms with Crippen molar-refractivity contribution in [2.75, 3.05) is 0 Å². The van der Waals surface area contributed by atoms with Crippen LogP contribution in [0.3, 0.4) is 0 Å². The smallest absolute Gasteiger partial charge is 0.340 e. The zero-order chi connectivity index (χ0) is 10.8. The highest BCUT2D eigenvalue weighted by atomic mass is 79.9. The van der Waals surface area contributed by atoms with Gasteiger partial charge < -0.3 is 4.74 Å². The van der Waals surface area contributed by atoms with Gasteiger partial charge in [-0.1, -0.05) is 0 Å². The lowest BCUT2D eigenvalue weighted by atomic mass is 9.96. The molecular formula is C10H9Br2NO2. The second-order valence-electron chi connectivity index (χ2n) is 3.45. The van der Waals surface area contributed by atoms with E-state index in [0.29, 0.717) is 10.2 Å². The fraction of sp³-hybridized carbons (Fsp3) is 0.400. The number of nitrogens with zero attached hydrogens (tertiary/aromatic N) is 1. The third kappa shape index (κ3) is 2.58. The summed E-state index contributed by atoms with van der Waals surface area (Å²) >= 11 is 6.54. The number of carbonyl (C=O) groups excluding carboxylic acids is 1. The van der Waals surface area contributed by atoms with E-state index >= 15 is 0 Å². The molecule has 1 aliphatic carbocycles. The minimum absolute atomic E-state index is 0.111. The maximum Gasteiger partial charge on any atom is 0.340 e. The Bertz CT molecular complexity index is 391. The molecule has 0 bridgehead atoms. The molecule has 0 aliphatic heterocycles. The highest BCUT2D eigenvalue weighted by Crippen LogP contribution is 2.25. The zero-order valence-corrected chi connectivity index (χ0v) is 11.0. The van der Waals surface area contributed by atoms with Crippen LogP contribution in [-0.4, -0.2) is 17.1 Å². The van der Waals surface area contributed by atoms with Crippen LogP contribution in [0.4, 0.5) is 0 Å². The molecule has 1 aliphatic rings. The van der Waals surface area contributed by atoms with Gasteiger partial charge in [0.2, 0.25) is 0 Å². The first kappa shape index (κ1) is 11.1. The molecule has 1 aromatic heterocycles. The quantitative estimate of drug-likeness (QED) is 0.615. The molecule has 0 N–H and O–H groups in total. The SMILES string of the molecule is O=C(OC1CCC1)c1cnc(Br)c(Br)c1. The largest absolute Gasteiger partial charge is 0.459 e. The lowest BCUT2D eigenvalue weighted by Crippen LogP contribution is -2.25. The summed E-state index contributed by atoms with van der Waals surface area (Å²) in [5.74, 6) is -0.291. The third-order valence-electron chi connectivity index (χ3n) is 2.36. The summed E-state index contributed by atoms with van der Waals surface area (Å²) in [5.41, 5.74) is 0.483. The predicted octanol–water partition coefficient (Wildman–Crippen LogP) is 3.32. The number of carbonyl (C=O) groups is 1. The second-order valence-corrected chi connectivity index (χ2v) is 5.06. The molecular weight excluding hydrogens is 326 g/mol. The van der Waals surface area contributed by atoms with Crippen LogP contribution in [-0.2, 0) is 4.74 Å². The van der Waals surface area contributed by atoms with E-state index in [1.165, 1.54) is 6.20 Å². The van der Waals surface area contributed by atoms with Crippen LogP contribution < -0.4 is 0 Å². The van der Waals surface area contributed by atoms with E-state index < -0.39 is 0 Å². The first-order chi connectivity index (χ1) is 7.16. The van der Waals surface area contributed by atoms with Crippen LogP contribution in [0.25, 0.3) is 0 Å².